The minimum absolute atomic E-state index is 0.0363. The molecule has 1 heterocycles. The van der Waals surface area contributed by atoms with Crippen molar-refractivity contribution < 1.29 is 23.8 Å². The molecule has 1 rings (SSSR count). The number of likely N-dealkylation sites (tertiary alicyclic amines) is 1. The molecule has 1 unspecified atom stereocenters. The van der Waals surface area contributed by atoms with Crippen LogP contribution in [0.2, 0.25) is 0 Å². The minimum atomic E-state index is -0.193. The maximum atomic E-state index is 12.8. The number of esters is 2. The second-order valence-electron chi connectivity index (χ2n) is 17.8. The lowest BCUT2D eigenvalue weighted by Gasteiger charge is -2.23. The first-order chi connectivity index (χ1) is 28.0. The zero-order valence-corrected chi connectivity index (χ0v) is 38.8. The molecule has 7 nitrogen and oxygen atoms in total. The van der Waals surface area contributed by atoms with Crippen molar-refractivity contribution in [1.29, 1.82) is 0 Å². The highest BCUT2D eigenvalue weighted by molar-refractivity contribution is 5.72. The van der Waals surface area contributed by atoms with Crippen molar-refractivity contribution in [2.45, 2.75) is 246 Å². The standard InChI is InChI=1S/C50H98N2O5/c1-5-8-11-14-18-24-35-48(36-25-19-15-12-9-6-2)57-49(53)37-26-20-17-21-27-38-51(40-29-30-41-52-42-31-32-43-52)39-28-23-34-45-56-50(54)47(4)46-55-44-33-22-16-13-10-7-3/h47-48H,5-46H2,1-4H3. The quantitative estimate of drug-likeness (QED) is 0.0449. The molecule has 1 fully saturated rings. The molecule has 0 aliphatic carbocycles. The molecule has 338 valence electrons. The summed E-state index contributed by atoms with van der Waals surface area (Å²) in [6, 6.07) is 0. The lowest BCUT2D eigenvalue weighted by Crippen LogP contribution is -2.28. The number of ether oxygens (including phenoxy) is 3. The second kappa shape index (κ2) is 41.5. The molecule has 7 heteroatoms. The van der Waals surface area contributed by atoms with E-state index in [-0.39, 0.29) is 24.0 Å². The highest BCUT2D eigenvalue weighted by Gasteiger charge is 2.16. The van der Waals surface area contributed by atoms with E-state index >= 15 is 0 Å². The number of nitrogens with zero attached hydrogens (tertiary/aromatic N) is 2. The Kier molecular flexibility index (Phi) is 39.2. The summed E-state index contributed by atoms with van der Waals surface area (Å²) in [4.78, 5) is 30.6. The van der Waals surface area contributed by atoms with Crippen molar-refractivity contribution in [1.82, 2.24) is 9.80 Å². The fourth-order valence-electron chi connectivity index (χ4n) is 8.20. The number of hydrogen-bond donors (Lipinski definition) is 0. The molecule has 0 N–H and O–H groups in total. The van der Waals surface area contributed by atoms with Crippen LogP contribution in [-0.4, -0.2) is 86.9 Å². The molecule has 0 aromatic carbocycles. The Hall–Kier alpha value is -1.18. The summed E-state index contributed by atoms with van der Waals surface area (Å²) < 4.78 is 17.4. The van der Waals surface area contributed by atoms with Crippen LogP contribution in [0.1, 0.15) is 240 Å². The van der Waals surface area contributed by atoms with Crippen molar-refractivity contribution in [3.8, 4) is 0 Å². The fourth-order valence-corrected chi connectivity index (χ4v) is 8.20. The van der Waals surface area contributed by atoms with Crippen LogP contribution >= 0.6 is 0 Å². The molecule has 0 amide bonds. The van der Waals surface area contributed by atoms with Crippen molar-refractivity contribution in [2.75, 3.05) is 59.1 Å². The Morgan fingerprint density at radius 2 is 1.00 bits per heavy atom. The molecule has 1 aliphatic rings. The molecule has 1 aliphatic heterocycles. The van der Waals surface area contributed by atoms with E-state index in [1.165, 1.54) is 180 Å². The summed E-state index contributed by atoms with van der Waals surface area (Å²) in [6.07, 6.45) is 40.0. The number of carbonyl (C=O) groups is 2. The van der Waals surface area contributed by atoms with Crippen molar-refractivity contribution in [3.05, 3.63) is 0 Å². The summed E-state index contributed by atoms with van der Waals surface area (Å²) in [6.45, 7) is 17.7. The van der Waals surface area contributed by atoms with E-state index in [0.29, 0.717) is 19.6 Å². The Labute approximate surface area is 355 Å². The van der Waals surface area contributed by atoms with Gasteiger partial charge in [0, 0.05) is 13.0 Å². The Balaban J connectivity index is 2.29. The minimum Gasteiger partial charge on any atom is -0.465 e. The average molecular weight is 807 g/mol. The molecule has 0 aromatic rings. The molecule has 57 heavy (non-hydrogen) atoms. The summed E-state index contributed by atoms with van der Waals surface area (Å²) in [7, 11) is 0. The predicted molar refractivity (Wildman–Crippen MR) is 243 cm³/mol. The lowest BCUT2D eigenvalue weighted by molar-refractivity contribution is -0.151. The van der Waals surface area contributed by atoms with Crippen LogP contribution in [0.5, 0.6) is 0 Å². The molecule has 0 bridgehead atoms. The first-order valence-corrected chi connectivity index (χ1v) is 25.4. The van der Waals surface area contributed by atoms with Gasteiger partial charge < -0.3 is 24.0 Å². The summed E-state index contributed by atoms with van der Waals surface area (Å²) >= 11 is 0. The van der Waals surface area contributed by atoms with Gasteiger partial charge in [0.25, 0.3) is 0 Å². The maximum absolute atomic E-state index is 12.8. The Morgan fingerprint density at radius 1 is 0.544 bits per heavy atom. The lowest BCUT2D eigenvalue weighted by atomic mass is 10.0. The third-order valence-electron chi connectivity index (χ3n) is 12.1. The highest BCUT2D eigenvalue weighted by Crippen LogP contribution is 2.19. The SMILES string of the molecule is CCCCCCCCOCC(C)C(=O)OCCCCCN(CCCCCCCC(=O)OC(CCCCCCCC)CCCCCCCC)CCCCN1CCCC1. The van der Waals surface area contributed by atoms with Gasteiger partial charge in [0.05, 0.1) is 19.1 Å². The van der Waals surface area contributed by atoms with E-state index in [0.717, 1.165) is 71.1 Å². The summed E-state index contributed by atoms with van der Waals surface area (Å²) in [5, 5.41) is 0. The number of unbranched alkanes of at least 4 members (excludes halogenated alkanes) is 22. The van der Waals surface area contributed by atoms with Gasteiger partial charge in [-0.15, -0.1) is 0 Å². The zero-order valence-electron chi connectivity index (χ0n) is 38.8. The van der Waals surface area contributed by atoms with E-state index in [1.54, 1.807) is 0 Å². The Morgan fingerprint density at radius 3 is 1.58 bits per heavy atom. The first-order valence-electron chi connectivity index (χ1n) is 25.4. The smallest absolute Gasteiger partial charge is 0.310 e. The van der Waals surface area contributed by atoms with Crippen LogP contribution in [0.4, 0.5) is 0 Å². The van der Waals surface area contributed by atoms with Crippen LogP contribution in [0.25, 0.3) is 0 Å². The van der Waals surface area contributed by atoms with Gasteiger partial charge in [-0.1, -0.05) is 136 Å². The summed E-state index contributed by atoms with van der Waals surface area (Å²) in [5.74, 6) is -0.276. The third kappa shape index (κ3) is 35.3. The van der Waals surface area contributed by atoms with Crippen LogP contribution in [-0.2, 0) is 23.8 Å². The van der Waals surface area contributed by atoms with E-state index in [9.17, 15) is 9.59 Å². The predicted octanol–water partition coefficient (Wildman–Crippen LogP) is 13.6. The van der Waals surface area contributed by atoms with Gasteiger partial charge >= 0.3 is 11.9 Å². The van der Waals surface area contributed by atoms with E-state index < -0.39 is 0 Å². The normalized spacial score (nSPS) is 13.9. The van der Waals surface area contributed by atoms with Crippen molar-refractivity contribution in [2.24, 2.45) is 5.92 Å². The number of hydrogen-bond acceptors (Lipinski definition) is 7. The Bertz CT molecular complexity index is 850. The van der Waals surface area contributed by atoms with Crippen LogP contribution in [0.15, 0.2) is 0 Å². The average Bonchev–Trinajstić information content (AvgIpc) is 3.74. The molecule has 0 aromatic heterocycles. The van der Waals surface area contributed by atoms with Gasteiger partial charge in [0.2, 0.25) is 0 Å². The second-order valence-corrected chi connectivity index (χ2v) is 17.8. The van der Waals surface area contributed by atoms with Crippen LogP contribution in [0.3, 0.4) is 0 Å². The van der Waals surface area contributed by atoms with Gasteiger partial charge in [-0.05, 0) is 136 Å². The fraction of sp³-hybridized carbons (Fsp3) is 0.960. The highest BCUT2D eigenvalue weighted by atomic mass is 16.5. The molecular weight excluding hydrogens is 709 g/mol. The van der Waals surface area contributed by atoms with Crippen LogP contribution < -0.4 is 0 Å². The van der Waals surface area contributed by atoms with Gasteiger partial charge in [0.15, 0.2) is 0 Å². The topological polar surface area (TPSA) is 68.3 Å². The van der Waals surface area contributed by atoms with E-state index in [1.807, 2.05) is 6.92 Å². The molecule has 1 atom stereocenters. The third-order valence-corrected chi connectivity index (χ3v) is 12.1. The summed E-state index contributed by atoms with van der Waals surface area (Å²) in [5.41, 5.74) is 0. The molecule has 0 saturated carbocycles. The van der Waals surface area contributed by atoms with Gasteiger partial charge in [-0.2, -0.15) is 0 Å². The maximum Gasteiger partial charge on any atom is 0.310 e. The van der Waals surface area contributed by atoms with Gasteiger partial charge in [0.1, 0.15) is 6.10 Å². The monoisotopic (exact) mass is 807 g/mol. The van der Waals surface area contributed by atoms with Crippen molar-refractivity contribution >= 4 is 11.9 Å². The van der Waals surface area contributed by atoms with E-state index in [2.05, 4.69) is 30.6 Å². The largest absolute Gasteiger partial charge is 0.465 e. The van der Waals surface area contributed by atoms with Crippen molar-refractivity contribution in [3.63, 3.8) is 0 Å². The number of rotatable bonds is 44. The zero-order chi connectivity index (χ0) is 41.3. The molecule has 0 spiro atoms. The number of carbonyl (C=O) groups excluding carboxylic acids is 2. The molecule has 0 radical (unpaired) electrons. The first kappa shape index (κ1) is 53.8. The van der Waals surface area contributed by atoms with Gasteiger partial charge in [-0.3, -0.25) is 9.59 Å². The van der Waals surface area contributed by atoms with Crippen LogP contribution in [0, 0.1) is 5.92 Å². The van der Waals surface area contributed by atoms with Gasteiger partial charge in [-0.25, -0.2) is 0 Å². The van der Waals surface area contributed by atoms with E-state index in [4.69, 9.17) is 14.2 Å². The molecule has 1 saturated heterocycles. The molecular formula is C50H98N2O5.